The minimum absolute atomic E-state index is 0.00859. The van der Waals surface area contributed by atoms with Gasteiger partial charge in [0.15, 0.2) is 11.5 Å². The number of hydrogen-bond donors (Lipinski definition) is 1. The van der Waals surface area contributed by atoms with Crippen LogP contribution in [-0.4, -0.2) is 18.3 Å². The molecule has 1 aliphatic rings. The maximum absolute atomic E-state index is 10.1. The molecule has 1 aromatic carbocycles. The molecule has 2 rings (SSSR count). The topological polar surface area (TPSA) is 38.7 Å². The van der Waals surface area contributed by atoms with Gasteiger partial charge < -0.3 is 14.6 Å². The highest BCUT2D eigenvalue weighted by molar-refractivity contribution is 5.52. The number of benzene rings is 1. The van der Waals surface area contributed by atoms with E-state index >= 15 is 0 Å². The van der Waals surface area contributed by atoms with Crippen molar-refractivity contribution in [3.05, 3.63) is 23.3 Å². The predicted molar refractivity (Wildman–Crippen MR) is 71.4 cm³/mol. The van der Waals surface area contributed by atoms with Crippen molar-refractivity contribution in [1.29, 1.82) is 0 Å². The Kier molecular flexibility index (Phi) is 3.53. The van der Waals surface area contributed by atoms with E-state index in [1.807, 2.05) is 26.0 Å². The van der Waals surface area contributed by atoms with Gasteiger partial charge in [-0.3, -0.25) is 0 Å². The standard InChI is InChI=1S/C15H22O3/c1-5-17-13-7-10-11(8-14(13)18-6-2)15(3,4)9-12(10)16/h7-8,12,16H,5-6,9H2,1-4H3/t12-/m0/s1. The van der Waals surface area contributed by atoms with Crippen LogP contribution in [0.3, 0.4) is 0 Å². The molecule has 0 bridgehead atoms. The van der Waals surface area contributed by atoms with Gasteiger partial charge in [-0.1, -0.05) is 13.8 Å². The lowest BCUT2D eigenvalue weighted by atomic mass is 9.86. The van der Waals surface area contributed by atoms with Crippen molar-refractivity contribution in [2.24, 2.45) is 0 Å². The Hall–Kier alpha value is -1.22. The zero-order valence-electron chi connectivity index (χ0n) is 11.6. The second-order valence-corrected chi connectivity index (χ2v) is 5.36. The lowest BCUT2D eigenvalue weighted by molar-refractivity contribution is 0.161. The van der Waals surface area contributed by atoms with Crippen LogP contribution in [0, 0.1) is 0 Å². The molecule has 18 heavy (non-hydrogen) atoms. The third-order valence-corrected chi connectivity index (χ3v) is 3.51. The molecule has 0 unspecified atom stereocenters. The lowest BCUT2D eigenvalue weighted by Gasteiger charge is -2.20. The Morgan fingerprint density at radius 2 is 1.72 bits per heavy atom. The second kappa shape index (κ2) is 4.81. The van der Waals surface area contributed by atoms with E-state index in [1.54, 1.807) is 0 Å². The van der Waals surface area contributed by atoms with Gasteiger partial charge in [0.05, 0.1) is 19.3 Å². The molecule has 0 amide bonds. The van der Waals surface area contributed by atoms with Crippen LogP contribution in [0.25, 0.3) is 0 Å². The summed E-state index contributed by atoms with van der Waals surface area (Å²) in [5.74, 6) is 1.51. The van der Waals surface area contributed by atoms with Crippen LogP contribution in [0.15, 0.2) is 12.1 Å². The first-order valence-electron chi connectivity index (χ1n) is 6.61. The smallest absolute Gasteiger partial charge is 0.161 e. The van der Waals surface area contributed by atoms with Crippen LogP contribution >= 0.6 is 0 Å². The van der Waals surface area contributed by atoms with E-state index < -0.39 is 6.10 Å². The van der Waals surface area contributed by atoms with Crippen molar-refractivity contribution >= 4 is 0 Å². The first kappa shape index (κ1) is 13.2. The maximum atomic E-state index is 10.1. The summed E-state index contributed by atoms with van der Waals surface area (Å²) in [7, 11) is 0. The molecule has 0 saturated carbocycles. The minimum atomic E-state index is -0.398. The van der Waals surface area contributed by atoms with Gasteiger partial charge in [0, 0.05) is 0 Å². The van der Waals surface area contributed by atoms with Crippen LogP contribution in [0.5, 0.6) is 11.5 Å². The average Bonchev–Trinajstić information content (AvgIpc) is 2.51. The van der Waals surface area contributed by atoms with Crippen molar-refractivity contribution in [2.45, 2.75) is 45.6 Å². The van der Waals surface area contributed by atoms with Crippen LogP contribution in [0.1, 0.15) is 51.3 Å². The number of rotatable bonds is 4. The molecule has 3 heteroatoms. The average molecular weight is 250 g/mol. The SMILES string of the molecule is CCOc1cc2c(cc1OCC)C(C)(C)C[C@@H]2O. The molecule has 1 N–H and O–H groups in total. The molecule has 1 aliphatic carbocycles. The zero-order valence-corrected chi connectivity index (χ0v) is 11.6. The second-order valence-electron chi connectivity index (χ2n) is 5.36. The first-order valence-corrected chi connectivity index (χ1v) is 6.61. The van der Waals surface area contributed by atoms with Gasteiger partial charge in [0.2, 0.25) is 0 Å². The van der Waals surface area contributed by atoms with E-state index in [9.17, 15) is 5.11 Å². The number of fused-ring (bicyclic) bond motifs is 1. The summed E-state index contributed by atoms with van der Waals surface area (Å²) in [6.45, 7) is 9.42. The molecule has 3 nitrogen and oxygen atoms in total. The molecule has 0 saturated heterocycles. The molecule has 0 radical (unpaired) electrons. The molecule has 100 valence electrons. The lowest BCUT2D eigenvalue weighted by Crippen LogP contribution is -2.12. The molecule has 1 atom stereocenters. The van der Waals surface area contributed by atoms with Gasteiger partial charge in [-0.05, 0) is 48.9 Å². The van der Waals surface area contributed by atoms with Gasteiger partial charge in [0.25, 0.3) is 0 Å². The molecular weight excluding hydrogens is 228 g/mol. The number of aliphatic hydroxyl groups is 1. The van der Waals surface area contributed by atoms with Crippen molar-refractivity contribution < 1.29 is 14.6 Å². The monoisotopic (exact) mass is 250 g/mol. The maximum Gasteiger partial charge on any atom is 0.161 e. The van der Waals surface area contributed by atoms with Gasteiger partial charge in [-0.2, -0.15) is 0 Å². The van der Waals surface area contributed by atoms with E-state index in [1.165, 1.54) is 5.56 Å². The van der Waals surface area contributed by atoms with Crippen LogP contribution in [-0.2, 0) is 5.41 Å². The van der Waals surface area contributed by atoms with Crippen LogP contribution in [0.2, 0.25) is 0 Å². The van der Waals surface area contributed by atoms with Crippen molar-refractivity contribution in [2.75, 3.05) is 13.2 Å². The van der Waals surface area contributed by atoms with E-state index in [0.29, 0.717) is 13.2 Å². The number of ether oxygens (including phenoxy) is 2. The Morgan fingerprint density at radius 3 is 2.28 bits per heavy atom. The van der Waals surface area contributed by atoms with E-state index in [-0.39, 0.29) is 5.41 Å². The number of hydrogen-bond acceptors (Lipinski definition) is 3. The fourth-order valence-electron chi connectivity index (χ4n) is 2.68. The minimum Gasteiger partial charge on any atom is -0.490 e. The Balaban J connectivity index is 2.50. The largest absolute Gasteiger partial charge is 0.490 e. The summed E-state index contributed by atoms with van der Waals surface area (Å²) in [5.41, 5.74) is 2.14. The van der Waals surface area contributed by atoms with Gasteiger partial charge >= 0.3 is 0 Å². The predicted octanol–water partition coefficient (Wildman–Crippen LogP) is 3.20. The van der Waals surface area contributed by atoms with Crippen molar-refractivity contribution in [3.8, 4) is 11.5 Å². The Bertz CT molecular complexity index is 438. The van der Waals surface area contributed by atoms with Gasteiger partial charge in [-0.25, -0.2) is 0 Å². The highest BCUT2D eigenvalue weighted by Crippen LogP contribution is 2.48. The Labute approximate surface area is 109 Å². The van der Waals surface area contributed by atoms with E-state index in [2.05, 4.69) is 13.8 Å². The summed E-state index contributed by atoms with van der Waals surface area (Å²) < 4.78 is 11.2. The summed E-state index contributed by atoms with van der Waals surface area (Å²) in [5, 5.41) is 10.1. The summed E-state index contributed by atoms with van der Waals surface area (Å²) >= 11 is 0. The van der Waals surface area contributed by atoms with Gasteiger partial charge in [-0.15, -0.1) is 0 Å². The fraction of sp³-hybridized carbons (Fsp3) is 0.600. The van der Waals surface area contributed by atoms with Crippen LogP contribution < -0.4 is 9.47 Å². The molecule has 0 fully saturated rings. The third kappa shape index (κ3) is 2.19. The molecule has 0 aromatic heterocycles. The fourth-order valence-corrected chi connectivity index (χ4v) is 2.68. The third-order valence-electron chi connectivity index (χ3n) is 3.51. The molecule has 0 heterocycles. The molecule has 0 aliphatic heterocycles. The molecular formula is C15H22O3. The van der Waals surface area contributed by atoms with E-state index in [4.69, 9.17) is 9.47 Å². The van der Waals surface area contributed by atoms with E-state index in [0.717, 1.165) is 23.5 Å². The van der Waals surface area contributed by atoms with Crippen molar-refractivity contribution in [1.82, 2.24) is 0 Å². The van der Waals surface area contributed by atoms with Crippen molar-refractivity contribution in [3.63, 3.8) is 0 Å². The van der Waals surface area contributed by atoms with Gasteiger partial charge in [0.1, 0.15) is 0 Å². The van der Waals surface area contributed by atoms with Crippen LogP contribution in [0.4, 0.5) is 0 Å². The first-order chi connectivity index (χ1) is 8.49. The summed E-state index contributed by atoms with van der Waals surface area (Å²) in [6, 6.07) is 3.96. The summed E-state index contributed by atoms with van der Waals surface area (Å²) in [4.78, 5) is 0. The summed E-state index contributed by atoms with van der Waals surface area (Å²) in [6.07, 6.45) is 0.355. The highest BCUT2D eigenvalue weighted by atomic mass is 16.5. The highest BCUT2D eigenvalue weighted by Gasteiger charge is 2.37. The quantitative estimate of drug-likeness (QED) is 0.892. The Morgan fingerprint density at radius 1 is 1.17 bits per heavy atom. The normalized spacial score (nSPS) is 20.6. The number of aliphatic hydroxyl groups excluding tert-OH is 1. The zero-order chi connectivity index (χ0) is 13.3. The molecule has 0 spiro atoms. The molecule has 1 aromatic rings.